The third-order valence-corrected chi connectivity index (χ3v) is 4.42. The molecule has 1 atom stereocenters. The van der Waals surface area contributed by atoms with Crippen LogP contribution in [0.5, 0.6) is 0 Å². The van der Waals surface area contributed by atoms with Crippen molar-refractivity contribution in [2.45, 2.75) is 18.1 Å². The lowest BCUT2D eigenvalue weighted by atomic mass is 10.1. The molecule has 18 heavy (non-hydrogen) atoms. The van der Waals surface area contributed by atoms with Gasteiger partial charge in [-0.15, -0.1) is 0 Å². The minimum absolute atomic E-state index is 0.0781. The summed E-state index contributed by atoms with van der Waals surface area (Å²) in [6, 6.07) is 4.01. The second-order valence-corrected chi connectivity index (χ2v) is 5.65. The van der Waals surface area contributed by atoms with Gasteiger partial charge in [-0.05, 0) is 24.0 Å². The minimum atomic E-state index is -3.93. The van der Waals surface area contributed by atoms with Gasteiger partial charge in [0.1, 0.15) is 5.25 Å². The molecule has 7 nitrogen and oxygen atoms in total. The van der Waals surface area contributed by atoms with Gasteiger partial charge in [-0.3, -0.25) is 10.1 Å². The summed E-state index contributed by atoms with van der Waals surface area (Å²) in [5.74, 6) is 0. The van der Waals surface area contributed by atoms with Crippen molar-refractivity contribution in [1.82, 2.24) is 0 Å². The van der Waals surface area contributed by atoms with Crippen LogP contribution < -0.4 is 0 Å². The summed E-state index contributed by atoms with van der Waals surface area (Å²) < 4.78 is 26.1. The molecule has 1 aliphatic carbocycles. The number of nitro groups is 1. The van der Waals surface area contributed by atoms with E-state index in [-0.39, 0.29) is 12.1 Å². The van der Waals surface area contributed by atoms with Gasteiger partial charge >= 0.3 is 0 Å². The lowest BCUT2D eigenvalue weighted by Gasteiger charge is -2.07. The molecule has 0 N–H and O–H groups in total. The standard InChI is InChI=1S/C10H8N2O5S/c13-6-11-18(16,17)10-4-1-7-5-8(12(14)15)2-3-9(7)10/h2-3,5,10H,1,4H2. The van der Waals surface area contributed by atoms with Crippen LogP contribution in [0.1, 0.15) is 22.8 Å². The van der Waals surface area contributed by atoms with Crippen molar-refractivity contribution in [1.29, 1.82) is 0 Å². The highest BCUT2D eigenvalue weighted by Gasteiger charge is 2.34. The van der Waals surface area contributed by atoms with E-state index in [0.717, 1.165) is 6.08 Å². The summed E-state index contributed by atoms with van der Waals surface area (Å²) in [5, 5.41) is 9.69. The van der Waals surface area contributed by atoms with Gasteiger partial charge in [-0.2, -0.15) is 0 Å². The first-order valence-corrected chi connectivity index (χ1v) is 6.56. The number of non-ortho nitro benzene ring substituents is 1. The first-order chi connectivity index (χ1) is 8.45. The van der Waals surface area contributed by atoms with Crippen molar-refractivity contribution in [2.24, 2.45) is 4.40 Å². The highest BCUT2D eigenvalue weighted by atomic mass is 32.2. The molecule has 8 heteroatoms. The summed E-state index contributed by atoms with van der Waals surface area (Å²) in [6.07, 6.45) is 1.70. The van der Waals surface area contributed by atoms with Crippen LogP contribution in [0.15, 0.2) is 22.6 Å². The number of carbonyl (C=O) groups excluding carboxylic acids is 1. The fraction of sp³-hybridized carbons (Fsp3) is 0.300. The zero-order chi connectivity index (χ0) is 13.3. The second kappa shape index (κ2) is 4.32. The van der Waals surface area contributed by atoms with Gasteiger partial charge in [0.05, 0.1) is 4.92 Å². The number of hydrogen-bond acceptors (Lipinski definition) is 5. The predicted octanol–water partition coefficient (Wildman–Crippen LogP) is 1.25. The highest BCUT2D eigenvalue weighted by molar-refractivity contribution is 7.90. The average molecular weight is 268 g/mol. The van der Waals surface area contributed by atoms with E-state index in [0.29, 0.717) is 17.5 Å². The molecule has 1 aromatic carbocycles. The predicted molar refractivity (Wildman–Crippen MR) is 61.2 cm³/mol. The smallest absolute Gasteiger partial charge is 0.258 e. The van der Waals surface area contributed by atoms with E-state index >= 15 is 0 Å². The number of hydrogen-bond donors (Lipinski definition) is 0. The summed E-state index contributed by atoms with van der Waals surface area (Å²) in [4.78, 5) is 20.1. The molecule has 0 heterocycles. The van der Waals surface area contributed by atoms with Gasteiger partial charge in [-0.1, -0.05) is 10.5 Å². The van der Waals surface area contributed by atoms with E-state index in [2.05, 4.69) is 4.40 Å². The van der Waals surface area contributed by atoms with Crippen LogP contribution >= 0.6 is 0 Å². The number of sulfonamides is 1. The maximum absolute atomic E-state index is 11.7. The lowest BCUT2D eigenvalue weighted by Crippen LogP contribution is -2.07. The number of nitrogens with zero attached hydrogens (tertiary/aromatic N) is 2. The molecule has 0 fully saturated rings. The highest BCUT2D eigenvalue weighted by Crippen LogP contribution is 2.39. The Bertz CT molecular complexity index is 661. The molecule has 0 aliphatic heterocycles. The van der Waals surface area contributed by atoms with E-state index in [1.165, 1.54) is 18.2 Å². The van der Waals surface area contributed by atoms with E-state index in [9.17, 15) is 23.3 Å². The molecule has 2 rings (SSSR count). The lowest BCUT2D eigenvalue weighted by molar-refractivity contribution is -0.384. The number of aryl methyl sites for hydroxylation is 1. The largest absolute Gasteiger partial charge is 0.270 e. The molecule has 0 spiro atoms. The van der Waals surface area contributed by atoms with Crippen molar-refractivity contribution in [3.05, 3.63) is 39.4 Å². The number of benzene rings is 1. The van der Waals surface area contributed by atoms with Gasteiger partial charge in [-0.25, -0.2) is 13.2 Å². The van der Waals surface area contributed by atoms with Gasteiger partial charge in [0.15, 0.2) is 0 Å². The maximum Gasteiger partial charge on any atom is 0.270 e. The fourth-order valence-corrected chi connectivity index (χ4v) is 3.30. The van der Waals surface area contributed by atoms with Crippen molar-refractivity contribution >= 4 is 21.8 Å². The molecular weight excluding hydrogens is 260 g/mol. The van der Waals surface area contributed by atoms with E-state index in [1.54, 1.807) is 0 Å². The molecule has 0 radical (unpaired) electrons. The topological polar surface area (TPSA) is 107 Å². The van der Waals surface area contributed by atoms with Crippen LogP contribution in [-0.2, 0) is 21.2 Å². The molecule has 1 unspecified atom stereocenters. The van der Waals surface area contributed by atoms with Gasteiger partial charge < -0.3 is 0 Å². The zero-order valence-electron chi connectivity index (χ0n) is 9.07. The first kappa shape index (κ1) is 12.4. The number of isocyanates is 1. The third kappa shape index (κ3) is 2.03. The van der Waals surface area contributed by atoms with Crippen LogP contribution in [0.2, 0.25) is 0 Å². The Hall–Kier alpha value is -2.05. The molecule has 0 saturated carbocycles. The van der Waals surface area contributed by atoms with E-state index in [1.807, 2.05) is 0 Å². The molecule has 0 aromatic heterocycles. The summed E-state index contributed by atoms with van der Waals surface area (Å²) >= 11 is 0. The number of rotatable bonds is 3. The monoisotopic (exact) mass is 268 g/mol. The number of fused-ring (bicyclic) bond motifs is 1. The Morgan fingerprint density at radius 3 is 2.78 bits per heavy atom. The summed E-state index contributed by atoms with van der Waals surface area (Å²) in [5.41, 5.74) is 1.00. The van der Waals surface area contributed by atoms with Gasteiger partial charge in [0, 0.05) is 12.1 Å². The number of nitro benzene ring substituents is 1. The molecule has 0 amide bonds. The second-order valence-electron chi connectivity index (χ2n) is 3.87. The normalized spacial score (nSPS) is 17.9. The van der Waals surface area contributed by atoms with E-state index in [4.69, 9.17) is 0 Å². The molecule has 1 aliphatic rings. The maximum atomic E-state index is 11.7. The quantitative estimate of drug-likeness (QED) is 0.355. The summed E-state index contributed by atoms with van der Waals surface area (Å²) in [6.45, 7) is 0. The zero-order valence-corrected chi connectivity index (χ0v) is 9.88. The third-order valence-electron chi connectivity index (χ3n) is 2.88. The van der Waals surface area contributed by atoms with Gasteiger partial charge in [0.2, 0.25) is 0 Å². The fourth-order valence-electron chi connectivity index (χ4n) is 2.10. The van der Waals surface area contributed by atoms with Crippen LogP contribution in [-0.4, -0.2) is 19.4 Å². The molecular formula is C10H8N2O5S. The van der Waals surface area contributed by atoms with Gasteiger partial charge in [0.25, 0.3) is 21.8 Å². The molecule has 0 bridgehead atoms. The van der Waals surface area contributed by atoms with Crippen molar-refractivity contribution in [3.63, 3.8) is 0 Å². The molecule has 0 saturated heterocycles. The molecule has 94 valence electrons. The van der Waals surface area contributed by atoms with Crippen molar-refractivity contribution < 1.29 is 18.1 Å². The Morgan fingerprint density at radius 1 is 1.44 bits per heavy atom. The Kier molecular flexibility index (Phi) is 2.98. The molecule has 1 aromatic rings. The Morgan fingerprint density at radius 2 is 2.17 bits per heavy atom. The average Bonchev–Trinajstić information content (AvgIpc) is 2.71. The first-order valence-electron chi connectivity index (χ1n) is 5.06. The minimum Gasteiger partial charge on any atom is -0.258 e. The van der Waals surface area contributed by atoms with Crippen LogP contribution in [0.3, 0.4) is 0 Å². The van der Waals surface area contributed by atoms with E-state index < -0.39 is 20.2 Å². The summed E-state index contributed by atoms with van der Waals surface area (Å²) in [7, 11) is -3.93. The van der Waals surface area contributed by atoms with Crippen LogP contribution in [0.25, 0.3) is 0 Å². The van der Waals surface area contributed by atoms with Crippen molar-refractivity contribution in [3.8, 4) is 0 Å². The SMILES string of the molecule is O=C=NS(=O)(=O)C1CCc2cc([N+](=O)[O-])ccc21. The Labute approximate surface area is 102 Å². The van der Waals surface area contributed by atoms with Crippen LogP contribution in [0, 0.1) is 10.1 Å². The Balaban J connectivity index is 2.47. The van der Waals surface area contributed by atoms with Crippen molar-refractivity contribution in [2.75, 3.05) is 0 Å². The van der Waals surface area contributed by atoms with Crippen LogP contribution in [0.4, 0.5) is 5.69 Å².